The third-order valence-corrected chi connectivity index (χ3v) is 4.03. The van der Waals surface area contributed by atoms with Crippen molar-refractivity contribution in [2.24, 2.45) is 0 Å². The maximum Gasteiger partial charge on any atom is 0.263 e. The van der Waals surface area contributed by atoms with E-state index in [1.165, 1.54) is 12.1 Å². The van der Waals surface area contributed by atoms with E-state index >= 15 is 0 Å². The predicted molar refractivity (Wildman–Crippen MR) is 51.9 cm³/mol. The lowest BCUT2D eigenvalue weighted by Crippen LogP contribution is -2.23. The number of alkyl halides is 2. The highest BCUT2D eigenvalue weighted by atomic mass is 32.2. The molecular formula is C9H9F2NO2S. The fourth-order valence-electron chi connectivity index (χ4n) is 1.51. The summed E-state index contributed by atoms with van der Waals surface area (Å²) in [6.07, 6.45) is -2.65. The van der Waals surface area contributed by atoms with E-state index < -0.39 is 16.3 Å². The minimum absolute atomic E-state index is 0.0217. The van der Waals surface area contributed by atoms with Gasteiger partial charge in [0.1, 0.15) is 0 Å². The first-order valence-corrected chi connectivity index (χ1v) is 6.05. The molecule has 0 aromatic heterocycles. The first-order valence-electron chi connectivity index (χ1n) is 4.39. The maximum atomic E-state index is 12.4. The molecule has 1 aliphatic heterocycles. The van der Waals surface area contributed by atoms with E-state index in [0.29, 0.717) is 12.2 Å². The third-order valence-electron chi connectivity index (χ3n) is 2.28. The molecule has 0 atom stereocenters. The second kappa shape index (κ2) is 3.44. The predicted octanol–water partition coefficient (Wildman–Crippen LogP) is 1.82. The summed E-state index contributed by atoms with van der Waals surface area (Å²) >= 11 is 0. The van der Waals surface area contributed by atoms with Gasteiger partial charge in [-0.1, -0.05) is 6.07 Å². The van der Waals surface area contributed by atoms with Crippen LogP contribution < -0.4 is 5.32 Å². The van der Waals surface area contributed by atoms with Crippen LogP contribution in [0.15, 0.2) is 23.1 Å². The summed E-state index contributed by atoms with van der Waals surface area (Å²) in [5, 5.41) is 2.86. The number of sulfone groups is 1. The van der Waals surface area contributed by atoms with Gasteiger partial charge in [-0.3, -0.25) is 0 Å². The molecule has 15 heavy (non-hydrogen) atoms. The van der Waals surface area contributed by atoms with Gasteiger partial charge in [0.2, 0.25) is 0 Å². The van der Waals surface area contributed by atoms with E-state index in [4.69, 9.17) is 0 Å². The highest BCUT2D eigenvalue weighted by Gasteiger charge is 2.24. The van der Waals surface area contributed by atoms with Crippen LogP contribution in [0.4, 0.5) is 14.5 Å². The third kappa shape index (κ3) is 1.81. The quantitative estimate of drug-likeness (QED) is 0.804. The van der Waals surface area contributed by atoms with Gasteiger partial charge in [0, 0.05) is 12.1 Å². The van der Waals surface area contributed by atoms with Gasteiger partial charge in [0.15, 0.2) is 9.84 Å². The summed E-state index contributed by atoms with van der Waals surface area (Å²) in [5.41, 5.74) is 0.145. The molecule has 0 spiro atoms. The van der Waals surface area contributed by atoms with Crippen LogP contribution in [0, 0.1) is 0 Å². The number of rotatable bonds is 1. The summed E-state index contributed by atoms with van der Waals surface area (Å²) in [7, 11) is -3.39. The SMILES string of the molecule is O=S1(=O)CCNc2ccc(C(F)F)cc21. The molecule has 1 aliphatic rings. The van der Waals surface area contributed by atoms with Gasteiger partial charge in [-0.25, -0.2) is 17.2 Å². The summed E-state index contributed by atoms with van der Waals surface area (Å²) in [4.78, 5) is -0.0217. The van der Waals surface area contributed by atoms with Crippen molar-refractivity contribution in [1.82, 2.24) is 0 Å². The lowest BCUT2D eigenvalue weighted by Gasteiger charge is -2.18. The van der Waals surface area contributed by atoms with Crippen molar-refractivity contribution >= 4 is 15.5 Å². The first kappa shape index (κ1) is 10.4. The van der Waals surface area contributed by atoms with Crippen molar-refractivity contribution in [2.45, 2.75) is 11.3 Å². The Kier molecular flexibility index (Phi) is 2.38. The second-order valence-corrected chi connectivity index (χ2v) is 5.38. The van der Waals surface area contributed by atoms with Crippen LogP contribution >= 0.6 is 0 Å². The van der Waals surface area contributed by atoms with Crippen molar-refractivity contribution in [2.75, 3.05) is 17.6 Å². The van der Waals surface area contributed by atoms with Crippen molar-refractivity contribution in [3.63, 3.8) is 0 Å². The van der Waals surface area contributed by atoms with Gasteiger partial charge in [-0.15, -0.1) is 0 Å². The number of hydrogen-bond acceptors (Lipinski definition) is 3. The van der Waals surface area contributed by atoms with E-state index in [-0.39, 0.29) is 16.2 Å². The molecule has 0 saturated carbocycles. The highest BCUT2D eigenvalue weighted by Crippen LogP contribution is 2.30. The van der Waals surface area contributed by atoms with Gasteiger partial charge in [-0.2, -0.15) is 0 Å². The molecule has 1 aromatic carbocycles. The fourth-order valence-corrected chi connectivity index (χ4v) is 2.89. The lowest BCUT2D eigenvalue weighted by molar-refractivity contribution is 0.151. The second-order valence-electron chi connectivity index (χ2n) is 3.30. The number of hydrogen-bond donors (Lipinski definition) is 1. The molecule has 0 fully saturated rings. The molecule has 1 N–H and O–H groups in total. The number of anilines is 1. The molecule has 1 aromatic rings. The molecule has 3 nitrogen and oxygen atoms in total. The zero-order valence-electron chi connectivity index (χ0n) is 7.70. The van der Waals surface area contributed by atoms with Crippen LogP contribution in [0.2, 0.25) is 0 Å². The standard InChI is InChI=1S/C9H9F2NO2S/c10-9(11)6-1-2-7-8(5-6)15(13,14)4-3-12-7/h1-2,5,9,12H,3-4H2. The van der Waals surface area contributed by atoms with E-state index in [1.54, 1.807) is 0 Å². The van der Waals surface area contributed by atoms with Gasteiger partial charge in [-0.05, 0) is 12.1 Å². The maximum absolute atomic E-state index is 12.4. The van der Waals surface area contributed by atoms with Crippen LogP contribution in [-0.4, -0.2) is 20.7 Å². The molecular weight excluding hydrogens is 224 g/mol. The summed E-state index contributed by atoms with van der Waals surface area (Å²) in [5.74, 6) is -0.0489. The molecule has 0 unspecified atom stereocenters. The molecule has 0 amide bonds. The van der Waals surface area contributed by atoms with Gasteiger partial charge in [0.05, 0.1) is 16.3 Å². The molecule has 82 valence electrons. The van der Waals surface area contributed by atoms with E-state index in [0.717, 1.165) is 6.07 Å². The minimum atomic E-state index is -3.39. The Balaban J connectivity index is 2.59. The van der Waals surface area contributed by atoms with Crippen LogP contribution in [0.3, 0.4) is 0 Å². The Hall–Kier alpha value is -1.17. The Labute approximate surface area is 86.0 Å². The summed E-state index contributed by atoms with van der Waals surface area (Å²) in [6, 6.07) is 3.66. The summed E-state index contributed by atoms with van der Waals surface area (Å²) in [6.45, 7) is 0.323. The largest absolute Gasteiger partial charge is 0.383 e. The number of halogens is 2. The average Bonchev–Trinajstić information content (AvgIpc) is 2.17. The van der Waals surface area contributed by atoms with E-state index in [2.05, 4.69) is 5.32 Å². The molecule has 0 bridgehead atoms. The van der Waals surface area contributed by atoms with Crippen LogP contribution in [0.1, 0.15) is 12.0 Å². The molecule has 2 rings (SSSR count). The van der Waals surface area contributed by atoms with E-state index in [9.17, 15) is 17.2 Å². The van der Waals surface area contributed by atoms with Gasteiger partial charge in [0.25, 0.3) is 6.43 Å². The molecule has 0 saturated heterocycles. The number of benzene rings is 1. The Morgan fingerprint density at radius 3 is 2.73 bits per heavy atom. The van der Waals surface area contributed by atoms with Crippen LogP contribution in [0.5, 0.6) is 0 Å². The van der Waals surface area contributed by atoms with Crippen molar-refractivity contribution in [1.29, 1.82) is 0 Å². The Morgan fingerprint density at radius 1 is 1.33 bits per heavy atom. The van der Waals surface area contributed by atoms with Crippen molar-refractivity contribution in [3.8, 4) is 0 Å². The number of fused-ring (bicyclic) bond motifs is 1. The minimum Gasteiger partial charge on any atom is -0.383 e. The average molecular weight is 233 g/mol. The Morgan fingerprint density at radius 2 is 2.07 bits per heavy atom. The summed E-state index contributed by atoms with van der Waals surface area (Å²) < 4.78 is 47.9. The van der Waals surface area contributed by atoms with Crippen LogP contribution in [-0.2, 0) is 9.84 Å². The first-order chi connectivity index (χ1) is 7.00. The monoisotopic (exact) mass is 233 g/mol. The highest BCUT2D eigenvalue weighted by molar-refractivity contribution is 7.91. The molecule has 0 radical (unpaired) electrons. The Bertz CT molecular complexity index is 485. The molecule has 6 heteroatoms. The van der Waals surface area contributed by atoms with Gasteiger partial charge >= 0.3 is 0 Å². The normalized spacial score (nSPS) is 18.3. The topological polar surface area (TPSA) is 46.2 Å². The molecule has 1 heterocycles. The fraction of sp³-hybridized carbons (Fsp3) is 0.333. The lowest BCUT2D eigenvalue weighted by atomic mass is 10.2. The smallest absolute Gasteiger partial charge is 0.263 e. The van der Waals surface area contributed by atoms with Crippen molar-refractivity contribution in [3.05, 3.63) is 23.8 Å². The van der Waals surface area contributed by atoms with Crippen molar-refractivity contribution < 1.29 is 17.2 Å². The van der Waals surface area contributed by atoms with Crippen LogP contribution in [0.25, 0.3) is 0 Å². The van der Waals surface area contributed by atoms with Gasteiger partial charge < -0.3 is 5.32 Å². The zero-order valence-corrected chi connectivity index (χ0v) is 8.52. The van der Waals surface area contributed by atoms with E-state index in [1.807, 2.05) is 0 Å². The zero-order chi connectivity index (χ0) is 11.1. The number of nitrogens with one attached hydrogen (secondary N) is 1. The molecule has 0 aliphatic carbocycles.